The second-order valence-corrected chi connectivity index (χ2v) is 10.1. The topological polar surface area (TPSA) is 54.3 Å². The number of aromatic nitrogens is 3. The van der Waals surface area contributed by atoms with Gasteiger partial charge in [-0.25, -0.2) is 4.98 Å². The average molecular weight is 440 g/mol. The molecular formula is C24H33N5OS. The first kappa shape index (κ1) is 22.0. The van der Waals surface area contributed by atoms with Crippen molar-refractivity contribution in [2.24, 2.45) is 5.92 Å². The highest BCUT2D eigenvalue weighted by Gasteiger charge is 2.22. The molecular weight excluding hydrogens is 406 g/mol. The van der Waals surface area contributed by atoms with Crippen molar-refractivity contribution in [1.82, 2.24) is 24.6 Å². The monoisotopic (exact) mass is 439 g/mol. The summed E-state index contributed by atoms with van der Waals surface area (Å²) in [7, 11) is 0. The van der Waals surface area contributed by atoms with Gasteiger partial charge in [0, 0.05) is 44.8 Å². The molecule has 4 rings (SSSR count). The number of nitrogens with zero attached hydrogens (tertiary/aromatic N) is 5. The van der Waals surface area contributed by atoms with Gasteiger partial charge in [0.1, 0.15) is 5.01 Å². The maximum absolute atomic E-state index is 12.8. The number of para-hydroxylation sites is 1. The number of amides is 1. The molecule has 0 unspecified atom stereocenters. The van der Waals surface area contributed by atoms with Gasteiger partial charge in [-0.2, -0.15) is 5.10 Å². The minimum atomic E-state index is 0.259. The largest absolute Gasteiger partial charge is 0.340 e. The molecule has 1 fully saturated rings. The molecule has 3 heterocycles. The van der Waals surface area contributed by atoms with Gasteiger partial charge in [-0.15, -0.1) is 11.3 Å². The van der Waals surface area contributed by atoms with E-state index < -0.39 is 0 Å². The van der Waals surface area contributed by atoms with Crippen molar-refractivity contribution in [2.45, 2.75) is 53.6 Å². The summed E-state index contributed by atoms with van der Waals surface area (Å²) in [5.74, 6) is 0.821. The zero-order chi connectivity index (χ0) is 22.0. The Morgan fingerprint density at radius 3 is 2.58 bits per heavy atom. The van der Waals surface area contributed by atoms with Crippen molar-refractivity contribution in [2.75, 3.05) is 26.2 Å². The lowest BCUT2D eigenvalue weighted by atomic mass is 10.1. The van der Waals surface area contributed by atoms with E-state index in [1.807, 2.05) is 11.0 Å². The summed E-state index contributed by atoms with van der Waals surface area (Å²) in [6.07, 6.45) is 1.34. The fourth-order valence-electron chi connectivity index (χ4n) is 4.34. The fourth-order valence-corrected chi connectivity index (χ4v) is 5.35. The Kier molecular flexibility index (Phi) is 6.72. The molecule has 0 spiro atoms. The van der Waals surface area contributed by atoms with E-state index >= 15 is 0 Å². The second kappa shape index (κ2) is 9.49. The molecule has 1 aromatic carbocycles. The van der Waals surface area contributed by atoms with Crippen LogP contribution in [0.2, 0.25) is 0 Å². The fraction of sp³-hybridized carbons (Fsp3) is 0.542. The number of thiazole rings is 1. The molecule has 0 radical (unpaired) electrons. The van der Waals surface area contributed by atoms with Crippen LogP contribution >= 0.6 is 11.3 Å². The van der Waals surface area contributed by atoms with Crippen molar-refractivity contribution >= 4 is 27.5 Å². The number of hydrogen-bond acceptors (Lipinski definition) is 5. The van der Waals surface area contributed by atoms with E-state index in [1.165, 1.54) is 16.0 Å². The first-order valence-corrected chi connectivity index (χ1v) is 12.1. The predicted octanol–water partition coefficient (Wildman–Crippen LogP) is 4.04. The molecule has 0 N–H and O–H groups in total. The summed E-state index contributed by atoms with van der Waals surface area (Å²) in [5.41, 5.74) is 4.59. The number of aryl methyl sites for hydroxylation is 1. The van der Waals surface area contributed by atoms with Crippen molar-refractivity contribution in [3.05, 3.63) is 46.2 Å². The first-order valence-electron chi connectivity index (χ1n) is 11.3. The number of rotatable bonds is 7. The van der Waals surface area contributed by atoms with Crippen LogP contribution in [0.15, 0.2) is 24.3 Å². The Labute approximate surface area is 188 Å². The summed E-state index contributed by atoms with van der Waals surface area (Å²) in [5, 5.41) is 5.84. The Morgan fingerprint density at radius 1 is 1.13 bits per heavy atom. The van der Waals surface area contributed by atoms with Crippen LogP contribution in [0, 0.1) is 19.8 Å². The van der Waals surface area contributed by atoms with E-state index in [0.29, 0.717) is 12.3 Å². The molecule has 2 aromatic heterocycles. The average Bonchev–Trinajstić information content (AvgIpc) is 3.26. The Balaban J connectivity index is 1.27. The highest BCUT2D eigenvalue weighted by Crippen LogP contribution is 2.23. The van der Waals surface area contributed by atoms with Crippen LogP contribution in [0.5, 0.6) is 0 Å². The van der Waals surface area contributed by atoms with Gasteiger partial charge in [0.15, 0.2) is 0 Å². The SMILES string of the molecule is Cc1nn(CC(C)C)c(C)c1CCC(=O)N1CCN(Cc2nc3ccccc3s2)CC1. The molecule has 1 aliphatic heterocycles. The molecule has 1 aliphatic rings. The van der Waals surface area contributed by atoms with Crippen molar-refractivity contribution < 1.29 is 4.79 Å². The summed E-state index contributed by atoms with van der Waals surface area (Å²) >= 11 is 1.77. The predicted molar refractivity (Wildman–Crippen MR) is 126 cm³/mol. The molecule has 166 valence electrons. The van der Waals surface area contributed by atoms with Crippen LogP contribution < -0.4 is 0 Å². The lowest BCUT2D eigenvalue weighted by Gasteiger charge is -2.34. The molecule has 1 amide bonds. The van der Waals surface area contributed by atoms with Crippen LogP contribution in [0.25, 0.3) is 10.2 Å². The van der Waals surface area contributed by atoms with E-state index in [9.17, 15) is 4.79 Å². The third-order valence-electron chi connectivity index (χ3n) is 6.08. The van der Waals surface area contributed by atoms with Gasteiger partial charge in [-0.05, 0) is 43.9 Å². The van der Waals surface area contributed by atoms with E-state index in [-0.39, 0.29) is 5.91 Å². The minimum absolute atomic E-state index is 0.259. The number of carbonyl (C=O) groups is 1. The van der Waals surface area contributed by atoms with E-state index in [0.717, 1.165) is 61.9 Å². The molecule has 31 heavy (non-hydrogen) atoms. The second-order valence-electron chi connectivity index (χ2n) is 8.96. The Bertz CT molecular complexity index is 1010. The van der Waals surface area contributed by atoms with Crippen LogP contribution in [-0.2, 0) is 24.3 Å². The van der Waals surface area contributed by atoms with Gasteiger partial charge in [-0.1, -0.05) is 26.0 Å². The number of carbonyl (C=O) groups excluding carboxylic acids is 1. The first-order chi connectivity index (χ1) is 14.9. The summed E-state index contributed by atoms with van der Waals surface area (Å²) in [4.78, 5) is 22.0. The third-order valence-corrected chi connectivity index (χ3v) is 7.10. The van der Waals surface area contributed by atoms with Crippen LogP contribution in [0.4, 0.5) is 0 Å². The van der Waals surface area contributed by atoms with Crippen molar-refractivity contribution in [3.8, 4) is 0 Å². The maximum Gasteiger partial charge on any atom is 0.222 e. The molecule has 3 aromatic rings. The molecule has 1 saturated heterocycles. The zero-order valence-corrected chi connectivity index (χ0v) is 19.9. The van der Waals surface area contributed by atoms with Crippen LogP contribution in [0.1, 0.15) is 42.2 Å². The standard InChI is InChI=1S/C24H33N5OS/c1-17(2)15-29-19(4)20(18(3)26-29)9-10-24(30)28-13-11-27(12-14-28)16-23-25-21-7-5-6-8-22(21)31-23/h5-8,17H,9-16H2,1-4H3. The lowest BCUT2D eigenvalue weighted by molar-refractivity contribution is -0.133. The molecule has 0 saturated carbocycles. The normalized spacial score (nSPS) is 15.3. The van der Waals surface area contributed by atoms with Crippen molar-refractivity contribution in [3.63, 3.8) is 0 Å². The van der Waals surface area contributed by atoms with Crippen LogP contribution in [0.3, 0.4) is 0 Å². The number of piperazine rings is 1. The van der Waals surface area contributed by atoms with E-state index in [2.05, 4.69) is 60.6 Å². The van der Waals surface area contributed by atoms with Gasteiger partial charge in [-0.3, -0.25) is 14.4 Å². The molecule has 0 bridgehead atoms. The molecule has 0 aliphatic carbocycles. The van der Waals surface area contributed by atoms with Gasteiger partial charge in [0.25, 0.3) is 0 Å². The lowest BCUT2D eigenvalue weighted by Crippen LogP contribution is -2.48. The molecule has 6 nitrogen and oxygen atoms in total. The van der Waals surface area contributed by atoms with Crippen LogP contribution in [-0.4, -0.2) is 56.7 Å². The van der Waals surface area contributed by atoms with E-state index in [4.69, 9.17) is 4.98 Å². The summed E-state index contributed by atoms with van der Waals surface area (Å²) < 4.78 is 3.34. The molecule has 0 atom stereocenters. The minimum Gasteiger partial charge on any atom is -0.340 e. The number of benzene rings is 1. The van der Waals surface area contributed by atoms with Crippen molar-refractivity contribution in [1.29, 1.82) is 0 Å². The smallest absolute Gasteiger partial charge is 0.222 e. The molecule has 7 heteroatoms. The van der Waals surface area contributed by atoms with Gasteiger partial charge in [0.2, 0.25) is 5.91 Å². The number of hydrogen-bond donors (Lipinski definition) is 0. The van der Waals surface area contributed by atoms with Gasteiger partial charge >= 0.3 is 0 Å². The zero-order valence-electron chi connectivity index (χ0n) is 19.1. The highest BCUT2D eigenvalue weighted by molar-refractivity contribution is 7.18. The summed E-state index contributed by atoms with van der Waals surface area (Å²) in [6, 6.07) is 8.30. The Morgan fingerprint density at radius 2 is 1.87 bits per heavy atom. The number of fused-ring (bicyclic) bond motifs is 1. The quantitative estimate of drug-likeness (QED) is 0.557. The van der Waals surface area contributed by atoms with E-state index in [1.54, 1.807) is 11.3 Å². The van der Waals surface area contributed by atoms with Gasteiger partial charge in [0.05, 0.1) is 22.5 Å². The highest BCUT2D eigenvalue weighted by atomic mass is 32.1. The third kappa shape index (κ3) is 5.15. The maximum atomic E-state index is 12.8. The summed E-state index contributed by atoms with van der Waals surface area (Å²) in [6.45, 7) is 13.8. The Hall–Kier alpha value is -2.25. The van der Waals surface area contributed by atoms with Gasteiger partial charge < -0.3 is 4.90 Å².